The molecule has 1 fully saturated rings. The maximum Gasteiger partial charge on any atom is 0.345 e. The zero-order chi connectivity index (χ0) is 21.7. The minimum Gasteiger partial charge on any atom is -0.496 e. The Morgan fingerprint density at radius 1 is 1.23 bits per heavy atom. The number of fused-ring (bicyclic) bond motifs is 3. The van der Waals surface area contributed by atoms with Crippen molar-refractivity contribution in [1.29, 1.82) is 0 Å². The number of hydrogen-bond donors (Lipinski definition) is 0. The Kier molecular flexibility index (Phi) is 4.85. The SMILES string of the molecule is COc1cc2c(cc1-c1c(C)noc1C)ncc1nc(C3CC3)n(CCOC(F)F)c12. The third kappa shape index (κ3) is 3.42. The van der Waals surface area contributed by atoms with Crippen LogP contribution in [0.3, 0.4) is 0 Å². The lowest BCUT2D eigenvalue weighted by molar-refractivity contribution is -0.130. The number of rotatable bonds is 7. The largest absolute Gasteiger partial charge is 0.496 e. The van der Waals surface area contributed by atoms with Gasteiger partial charge in [-0.05, 0) is 38.8 Å². The van der Waals surface area contributed by atoms with Crippen molar-refractivity contribution in [3.05, 3.63) is 35.6 Å². The van der Waals surface area contributed by atoms with Gasteiger partial charge in [0.25, 0.3) is 0 Å². The summed E-state index contributed by atoms with van der Waals surface area (Å²) in [5.74, 6) is 2.59. The number of nitrogens with zero attached hydrogens (tertiary/aromatic N) is 4. The first-order valence-electron chi connectivity index (χ1n) is 10.2. The van der Waals surface area contributed by atoms with Crippen molar-refractivity contribution in [2.45, 2.75) is 45.8 Å². The second-order valence-corrected chi connectivity index (χ2v) is 7.79. The molecule has 3 aromatic heterocycles. The number of aryl methyl sites for hydroxylation is 2. The Labute approximate surface area is 177 Å². The standard InChI is InChI=1S/C22H22F2N4O3/c1-11-19(12(2)31-27-11)15-8-16-14(9-18(15)29-3)20-17(10-25-16)26-21(13-4-5-13)28(20)6-7-30-22(23)24/h8-10,13,22H,4-7H2,1-3H3. The van der Waals surface area contributed by atoms with E-state index in [1.165, 1.54) is 0 Å². The molecule has 0 spiro atoms. The Morgan fingerprint density at radius 2 is 2.03 bits per heavy atom. The smallest absolute Gasteiger partial charge is 0.345 e. The fourth-order valence-electron chi connectivity index (χ4n) is 4.20. The maximum atomic E-state index is 12.6. The highest BCUT2D eigenvalue weighted by molar-refractivity contribution is 6.05. The molecule has 0 saturated heterocycles. The van der Waals surface area contributed by atoms with E-state index in [1.54, 1.807) is 13.3 Å². The molecule has 0 amide bonds. The molecule has 0 unspecified atom stereocenters. The van der Waals surface area contributed by atoms with Crippen LogP contribution in [0.2, 0.25) is 0 Å². The molecule has 0 N–H and O–H groups in total. The van der Waals surface area contributed by atoms with E-state index in [-0.39, 0.29) is 6.61 Å². The highest BCUT2D eigenvalue weighted by atomic mass is 19.3. The third-order valence-corrected chi connectivity index (χ3v) is 5.73. The van der Waals surface area contributed by atoms with Crippen molar-refractivity contribution in [2.75, 3.05) is 13.7 Å². The number of alkyl halides is 2. The molecule has 0 atom stereocenters. The van der Waals surface area contributed by atoms with E-state index in [0.717, 1.165) is 57.4 Å². The zero-order valence-corrected chi connectivity index (χ0v) is 17.5. The first-order chi connectivity index (χ1) is 15.0. The number of aromatic nitrogens is 4. The molecule has 4 aromatic rings. The van der Waals surface area contributed by atoms with E-state index in [2.05, 4.69) is 14.9 Å². The third-order valence-electron chi connectivity index (χ3n) is 5.73. The average molecular weight is 428 g/mol. The first-order valence-corrected chi connectivity index (χ1v) is 10.2. The molecule has 5 rings (SSSR count). The van der Waals surface area contributed by atoms with Gasteiger partial charge in [-0.15, -0.1) is 0 Å². The van der Waals surface area contributed by atoms with Crippen LogP contribution in [-0.4, -0.2) is 40.0 Å². The average Bonchev–Trinajstić information content (AvgIpc) is 3.45. The van der Waals surface area contributed by atoms with Crippen LogP contribution < -0.4 is 4.74 Å². The Morgan fingerprint density at radius 3 is 2.68 bits per heavy atom. The first kappa shape index (κ1) is 19.9. The highest BCUT2D eigenvalue weighted by Gasteiger charge is 2.30. The molecule has 7 nitrogen and oxygen atoms in total. The molecule has 31 heavy (non-hydrogen) atoms. The quantitative estimate of drug-likeness (QED) is 0.413. The Balaban J connectivity index is 1.72. The number of methoxy groups -OCH3 is 1. The van der Waals surface area contributed by atoms with Gasteiger partial charge in [-0.3, -0.25) is 4.98 Å². The van der Waals surface area contributed by atoms with Crippen molar-refractivity contribution in [2.24, 2.45) is 0 Å². The van der Waals surface area contributed by atoms with Crippen LogP contribution in [0.1, 0.15) is 36.0 Å². The number of benzene rings is 1. The molecule has 1 saturated carbocycles. The second-order valence-electron chi connectivity index (χ2n) is 7.79. The summed E-state index contributed by atoms with van der Waals surface area (Å²) in [6, 6.07) is 3.87. The zero-order valence-electron chi connectivity index (χ0n) is 17.5. The van der Waals surface area contributed by atoms with Crippen LogP contribution in [0.5, 0.6) is 5.75 Å². The van der Waals surface area contributed by atoms with E-state index in [0.29, 0.717) is 24.0 Å². The second kappa shape index (κ2) is 7.56. The van der Waals surface area contributed by atoms with Gasteiger partial charge >= 0.3 is 6.61 Å². The van der Waals surface area contributed by atoms with Crippen molar-refractivity contribution < 1.29 is 22.8 Å². The van der Waals surface area contributed by atoms with Crippen LogP contribution >= 0.6 is 0 Å². The molecule has 0 radical (unpaired) electrons. The summed E-state index contributed by atoms with van der Waals surface area (Å²) >= 11 is 0. The number of pyridine rings is 1. The van der Waals surface area contributed by atoms with Crippen molar-refractivity contribution in [1.82, 2.24) is 19.7 Å². The van der Waals surface area contributed by atoms with E-state index < -0.39 is 6.61 Å². The number of ether oxygens (including phenoxy) is 2. The van der Waals surface area contributed by atoms with Gasteiger partial charge in [0.05, 0.1) is 42.2 Å². The van der Waals surface area contributed by atoms with Gasteiger partial charge in [-0.1, -0.05) is 5.16 Å². The van der Waals surface area contributed by atoms with E-state index in [9.17, 15) is 8.78 Å². The number of hydrogen-bond acceptors (Lipinski definition) is 6. The lowest BCUT2D eigenvalue weighted by Gasteiger charge is -2.13. The lowest BCUT2D eigenvalue weighted by atomic mass is 10.0. The van der Waals surface area contributed by atoms with Gasteiger partial charge in [-0.25, -0.2) is 4.98 Å². The van der Waals surface area contributed by atoms with Gasteiger partial charge in [-0.2, -0.15) is 8.78 Å². The molecule has 3 heterocycles. The van der Waals surface area contributed by atoms with Crippen LogP contribution in [0.15, 0.2) is 22.9 Å². The predicted molar refractivity (Wildman–Crippen MR) is 110 cm³/mol. The molecular weight excluding hydrogens is 406 g/mol. The fraction of sp³-hybridized carbons (Fsp3) is 0.409. The van der Waals surface area contributed by atoms with Crippen molar-refractivity contribution in [3.63, 3.8) is 0 Å². The van der Waals surface area contributed by atoms with E-state index >= 15 is 0 Å². The van der Waals surface area contributed by atoms with Gasteiger partial charge in [0, 0.05) is 23.4 Å². The summed E-state index contributed by atoms with van der Waals surface area (Å²) in [4.78, 5) is 9.39. The summed E-state index contributed by atoms with van der Waals surface area (Å²) in [6.07, 6.45) is 3.82. The maximum absolute atomic E-state index is 12.6. The van der Waals surface area contributed by atoms with E-state index in [4.69, 9.17) is 14.2 Å². The predicted octanol–water partition coefficient (Wildman–Crippen LogP) is 4.98. The molecule has 0 aliphatic heterocycles. The summed E-state index contributed by atoms with van der Waals surface area (Å²) in [5, 5.41) is 4.90. The van der Waals surface area contributed by atoms with Crippen LogP contribution in [0.25, 0.3) is 33.1 Å². The van der Waals surface area contributed by atoms with Gasteiger partial charge in [0.15, 0.2) is 0 Å². The van der Waals surface area contributed by atoms with Crippen LogP contribution in [0, 0.1) is 13.8 Å². The molecule has 0 bridgehead atoms. The minimum atomic E-state index is -2.80. The molecule has 1 aliphatic rings. The van der Waals surface area contributed by atoms with Crippen molar-refractivity contribution in [3.8, 4) is 16.9 Å². The number of imidazole rings is 1. The molecule has 1 aliphatic carbocycles. The van der Waals surface area contributed by atoms with Gasteiger partial charge < -0.3 is 18.6 Å². The fourth-order valence-corrected chi connectivity index (χ4v) is 4.20. The van der Waals surface area contributed by atoms with E-state index in [1.807, 2.05) is 30.5 Å². The topological polar surface area (TPSA) is 75.2 Å². The summed E-state index contributed by atoms with van der Waals surface area (Å²) < 4.78 is 42.7. The van der Waals surface area contributed by atoms with Crippen molar-refractivity contribution >= 4 is 21.9 Å². The number of halogens is 2. The summed E-state index contributed by atoms with van der Waals surface area (Å²) in [5.41, 5.74) is 4.82. The molecule has 162 valence electrons. The monoisotopic (exact) mass is 428 g/mol. The van der Waals surface area contributed by atoms with Gasteiger partial charge in [0.2, 0.25) is 0 Å². The Hall–Kier alpha value is -3.07. The van der Waals surface area contributed by atoms with Crippen LogP contribution in [-0.2, 0) is 11.3 Å². The molecular formula is C22H22F2N4O3. The molecule has 9 heteroatoms. The minimum absolute atomic E-state index is 0.0963. The summed E-state index contributed by atoms with van der Waals surface area (Å²) in [7, 11) is 1.61. The normalized spacial score (nSPS) is 14.3. The van der Waals surface area contributed by atoms with Gasteiger partial charge in [0.1, 0.15) is 22.9 Å². The lowest BCUT2D eigenvalue weighted by Crippen LogP contribution is -2.11. The molecule has 1 aromatic carbocycles. The Bertz CT molecular complexity index is 1260. The summed E-state index contributed by atoms with van der Waals surface area (Å²) in [6.45, 7) is 1.14. The highest BCUT2D eigenvalue weighted by Crippen LogP contribution is 2.43. The van der Waals surface area contributed by atoms with Crippen LogP contribution in [0.4, 0.5) is 8.78 Å².